The summed E-state index contributed by atoms with van der Waals surface area (Å²) in [6.07, 6.45) is 2.56. The van der Waals surface area contributed by atoms with E-state index in [-0.39, 0.29) is 5.91 Å². The van der Waals surface area contributed by atoms with E-state index in [1.165, 1.54) is 13.2 Å². The van der Waals surface area contributed by atoms with Crippen LogP contribution in [0.3, 0.4) is 0 Å². The van der Waals surface area contributed by atoms with E-state index < -0.39 is 11.4 Å². The summed E-state index contributed by atoms with van der Waals surface area (Å²) >= 11 is 6.04. The van der Waals surface area contributed by atoms with E-state index in [2.05, 4.69) is 10.1 Å². The zero-order valence-electron chi connectivity index (χ0n) is 11.2. The number of halogens is 1. The highest BCUT2D eigenvalue weighted by molar-refractivity contribution is 6.34. The summed E-state index contributed by atoms with van der Waals surface area (Å²) in [6.45, 7) is 0.313. The van der Waals surface area contributed by atoms with Crippen molar-refractivity contribution in [1.29, 1.82) is 0 Å². The number of hydrogen-bond donors (Lipinski definition) is 2. The number of hydrogen-bond acceptors (Lipinski definition) is 4. The minimum atomic E-state index is -0.495. The first kappa shape index (κ1) is 14.8. The van der Waals surface area contributed by atoms with Gasteiger partial charge in [-0.15, -0.1) is 0 Å². The summed E-state index contributed by atoms with van der Waals surface area (Å²) in [7, 11) is 1.30. The second kappa shape index (κ2) is 5.81. The van der Waals surface area contributed by atoms with Crippen molar-refractivity contribution in [1.82, 2.24) is 0 Å². The van der Waals surface area contributed by atoms with E-state index in [1.807, 2.05) is 0 Å². The summed E-state index contributed by atoms with van der Waals surface area (Å²) in [5.41, 5.74) is 5.94. The lowest BCUT2D eigenvalue weighted by Gasteiger charge is -2.39. The fourth-order valence-corrected chi connectivity index (χ4v) is 2.41. The number of esters is 1. The van der Waals surface area contributed by atoms with Crippen LogP contribution in [0.25, 0.3) is 0 Å². The largest absolute Gasteiger partial charge is 0.465 e. The minimum Gasteiger partial charge on any atom is -0.465 e. The van der Waals surface area contributed by atoms with Gasteiger partial charge in [-0.05, 0) is 31.0 Å². The molecule has 0 bridgehead atoms. The lowest BCUT2D eigenvalue weighted by Crippen LogP contribution is -2.47. The molecule has 5 nitrogen and oxygen atoms in total. The van der Waals surface area contributed by atoms with Crippen LogP contribution in [0.1, 0.15) is 29.6 Å². The Morgan fingerprint density at radius 3 is 2.65 bits per heavy atom. The van der Waals surface area contributed by atoms with Crippen LogP contribution in [0.4, 0.5) is 5.69 Å². The average molecular weight is 297 g/mol. The summed E-state index contributed by atoms with van der Waals surface area (Å²) < 4.78 is 4.64. The van der Waals surface area contributed by atoms with Crippen LogP contribution in [0.2, 0.25) is 5.02 Å². The average Bonchev–Trinajstić information content (AvgIpc) is 2.39. The Morgan fingerprint density at radius 1 is 1.45 bits per heavy atom. The fourth-order valence-electron chi connectivity index (χ4n) is 2.25. The lowest BCUT2D eigenvalue weighted by molar-refractivity contribution is -0.129. The molecule has 0 unspecified atom stereocenters. The van der Waals surface area contributed by atoms with Crippen LogP contribution in [-0.4, -0.2) is 25.5 Å². The van der Waals surface area contributed by atoms with Crippen molar-refractivity contribution in [3.63, 3.8) is 0 Å². The number of amides is 1. The van der Waals surface area contributed by atoms with Gasteiger partial charge in [-0.25, -0.2) is 4.79 Å². The van der Waals surface area contributed by atoms with E-state index in [0.717, 1.165) is 19.3 Å². The molecule has 1 amide bonds. The van der Waals surface area contributed by atoms with Gasteiger partial charge in [0.15, 0.2) is 0 Å². The number of nitrogens with two attached hydrogens (primary N) is 1. The van der Waals surface area contributed by atoms with Crippen molar-refractivity contribution in [3.8, 4) is 0 Å². The smallest absolute Gasteiger partial charge is 0.337 e. The maximum atomic E-state index is 12.3. The summed E-state index contributed by atoms with van der Waals surface area (Å²) in [6, 6.07) is 4.61. The number of benzene rings is 1. The quantitative estimate of drug-likeness (QED) is 0.835. The molecular formula is C14H17ClN2O3. The maximum absolute atomic E-state index is 12.3. The monoisotopic (exact) mass is 296 g/mol. The molecule has 1 aliphatic carbocycles. The molecule has 108 valence electrons. The molecule has 0 heterocycles. The number of methoxy groups -OCH3 is 1. The third kappa shape index (κ3) is 2.64. The van der Waals surface area contributed by atoms with Crippen LogP contribution in [-0.2, 0) is 9.53 Å². The van der Waals surface area contributed by atoms with Gasteiger partial charge in [0.05, 0.1) is 28.8 Å². The number of anilines is 1. The molecule has 6 heteroatoms. The van der Waals surface area contributed by atoms with Gasteiger partial charge in [0, 0.05) is 6.54 Å². The highest BCUT2D eigenvalue weighted by atomic mass is 35.5. The van der Waals surface area contributed by atoms with Crippen LogP contribution in [0.15, 0.2) is 18.2 Å². The van der Waals surface area contributed by atoms with Gasteiger partial charge < -0.3 is 15.8 Å². The maximum Gasteiger partial charge on any atom is 0.337 e. The summed E-state index contributed by atoms with van der Waals surface area (Å²) in [5.74, 6) is -0.621. The Hall–Kier alpha value is -1.59. The highest BCUT2D eigenvalue weighted by Gasteiger charge is 2.42. The fraction of sp³-hybridized carbons (Fsp3) is 0.429. The Bertz CT molecular complexity index is 536. The number of carbonyl (C=O) groups excluding carboxylic acids is 2. The van der Waals surface area contributed by atoms with Crippen molar-refractivity contribution in [2.45, 2.75) is 19.3 Å². The molecule has 3 N–H and O–H groups in total. The molecule has 2 rings (SSSR count). The summed E-state index contributed by atoms with van der Waals surface area (Å²) in [5, 5.41) is 3.14. The van der Waals surface area contributed by atoms with Crippen LogP contribution in [0.5, 0.6) is 0 Å². The van der Waals surface area contributed by atoms with E-state index in [9.17, 15) is 9.59 Å². The molecule has 0 aromatic heterocycles. The molecule has 1 aliphatic rings. The SMILES string of the molecule is COC(=O)c1ccc(Cl)c(NC(=O)C2(CN)CCC2)c1. The molecule has 1 aromatic carbocycles. The molecule has 0 radical (unpaired) electrons. The summed E-state index contributed by atoms with van der Waals surface area (Å²) in [4.78, 5) is 23.8. The first-order valence-electron chi connectivity index (χ1n) is 6.42. The van der Waals surface area contributed by atoms with Crippen LogP contribution >= 0.6 is 11.6 Å². The first-order chi connectivity index (χ1) is 9.52. The number of ether oxygens (including phenoxy) is 1. The molecule has 1 aromatic rings. The predicted octanol–water partition coefficient (Wildman–Crippen LogP) is 2.19. The molecule has 1 fully saturated rings. The molecule has 20 heavy (non-hydrogen) atoms. The predicted molar refractivity (Wildman–Crippen MR) is 76.8 cm³/mol. The van der Waals surface area contributed by atoms with Crippen molar-refractivity contribution >= 4 is 29.2 Å². The standard InChI is InChI=1S/C14H17ClN2O3/c1-20-12(18)9-3-4-10(15)11(7-9)17-13(19)14(8-16)5-2-6-14/h3-4,7H,2,5-6,8,16H2,1H3,(H,17,19). The van der Waals surface area contributed by atoms with Crippen molar-refractivity contribution < 1.29 is 14.3 Å². The van der Waals surface area contributed by atoms with E-state index in [4.69, 9.17) is 17.3 Å². The third-order valence-corrected chi connectivity index (χ3v) is 4.15. The van der Waals surface area contributed by atoms with Gasteiger partial charge in [-0.3, -0.25) is 4.79 Å². The van der Waals surface area contributed by atoms with Gasteiger partial charge in [-0.2, -0.15) is 0 Å². The van der Waals surface area contributed by atoms with Crippen molar-refractivity contribution in [2.24, 2.45) is 11.1 Å². The Kier molecular flexibility index (Phi) is 4.30. The third-order valence-electron chi connectivity index (χ3n) is 3.82. The second-order valence-corrected chi connectivity index (χ2v) is 5.39. The van der Waals surface area contributed by atoms with Crippen LogP contribution < -0.4 is 11.1 Å². The Labute approximate surface area is 122 Å². The second-order valence-electron chi connectivity index (χ2n) is 4.98. The normalized spacial score (nSPS) is 16.1. The van der Waals surface area contributed by atoms with Crippen molar-refractivity contribution in [3.05, 3.63) is 28.8 Å². The zero-order valence-corrected chi connectivity index (χ0v) is 12.0. The minimum absolute atomic E-state index is 0.143. The molecule has 0 atom stereocenters. The van der Waals surface area contributed by atoms with Crippen molar-refractivity contribution in [2.75, 3.05) is 19.0 Å². The molecule has 1 saturated carbocycles. The van der Waals surface area contributed by atoms with Crippen LogP contribution in [0, 0.1) is 5.41 Å². The molecule has 0 aliphatic heterocycles. The Morgan fingerprint density at radius 2 is 2.15 bits per heavy atom. The van der Waals surface area contributed by atoms with Gasteiger partial charge in [0.1, 0.15) is 0 Å². The van der Waals surface area contributed by atoms with E-state index >= 15 is 0 Å². The van der Waals surface area contributed by atoms with Gasteiger partial charge in [-0.1, -0.05) is 18.0 Å². The zero-order chi connectivity index (χ0) is 14.8. The molecule has 0 saturated heterocycles. The van der Waals surface area contributed by atoms with E-state index in [1.54, 1.807) is 12.1 Å². The number of carbonyl (C=O) groups is 2. The lowest BCUT2D eigenvalue weighted by atomic mass is 9.68. The number of nitrogens with one attached hydrogen (secondary N) is 1. The molecule has 0 spiro atoms. The Balaban J connectivity index is 2.20. The van der Waals surface area contributed by atoms with E-state index in [0.29, 0.717) is 22.8 Å². The topological polar surface area (TPSA) is 81.4 Å². The molecular weight excluding hydrogens is 280 g/mol. The van der Waals surface area contributed by atoms with Gasteiger partial charge in [0.25, 0.3) is 0 Å². The number of rotatable bonds is 4. The van der Waals surface area contributed by atoms with Gasteiger partial charge >= 0.3 is 5.97 Å². The highest BCUT2D eigenvalue weighted by Crippen LogP contribution is 2.41. The first-order valence-corrected chi connectivity index (χ1v) is 6.79. The van der Waals surface area contributed by atoms with Gasteiger partial charge in [0.2, 0.25) is 5.91 Å².